The second-order valence-electron chi connectivity index (χ2n) is 2.64. The lowest BCUT2D eigenvalue weighted by atomic mass is 10.2. The number of rotatable bonds is 2. The Morgan fingerprint density at radius 3 is 2.73 bits per heavy atom. The highest BCUT2D eigenvalue weighted by molar-refractivity contribution is 5.13. The number of alkyl halides is 1. The van der Waals surface area contributed by atoms with Gasteiger partial charge in [-0.3, -0.25) is 4.98 Å². The van der Waals surface area contributed by atoms with Gasteiger partial charge in [-0.25, -0.2) is 4.39 Å². The maximum Gasteiger partial charge on any atom is 0.142 e. The molecule has 0 aliphatic heterocycles. The van der Waals surface area contributed by atoms with E-state index in [1.54, 1.807) is 12.3 Å². The lowest BCUT2D eigenvalue weighted by Gasteiger charge is -2.03. The van der Waals surface area contributed by atoms with Crippen molar-refractivity contribution >= 4 is 0 Å². The van der Waals surface area contributed by atoms with E-state index in [1.165, 1.54) is 0 Å². The molecule has 0 bridgehead atoms. The average Bonchev–Trinajstić information content (AvgIpc) is 2.05. The Hall–Kier alpha value is -0.920. The van der Waals surface area contributed by atoms with Gasteiger partial charge in [-0.05, 0) is 25.0 Å². The zero-order chi connectivity index (χ0) is 8.27. The minimum absolute atomic E-state index is 0.496. The number of aromatic nitrogens is 1. The molecule has 0 spiro atoms. The summed E-state index contributed by atoms with van der Waals surface area (Å²) in [7, 11) is 0. The second-order valence-corrected chi connectivity index (χ2v) is 2.64. The number of pyridine rings is 1. The van der Waals surface area contributed by atoms with Crippen LogP contribution in [0.15, 0.2) is 18.3 Å². The maximum atomic E-state index is 12.9. The highest BCUT2D eigenvalue weighted by atomic mass is 19.1. The molecular weight excluding hydrogens is 141 g/mol. The lowest BCUT2D eigenvalue weighted by Crippen LogP contribution is -1.93. The first kappa shape index (κ1) is 8.18. The van der Waals surface area contributed by atoms with Crippen LogP contribution in [0.1, 0.15) is 30.8 Å². The summed E-state index contributed by atoms with van der Waals surface area (Å²) in [5.74, 6) is 0. The van der Waals surface area contributed by atoms with Crippen LogP contribution in [0.2, 0.25) is 0 Å². The molecular formula is C9H12FN. The molecule has 0 saturated heterocycles. The van der Waals surface area contributed by atoms with Gasteiger partial charge in [0.05, 0.1) is 5.69 Å². The fraction of sp³-hybridized carbons (Fsp3) is 0.444. The third-order valence-electron chi connectivity index (χ3n) is 1.61. The normalized spacial score (nSPS) is 13.0. The zero-order valence-electron chi connectivity index (χ0n) is 6.84. The van der Waals surface area contributed by atoms with E-state index in [2.05, 4.69) is 4.98 Å². The van der Waals surface area contributed by atoms with Gasteiger partial charge in [0.15, 0.2) is 0 Å². The van der Waals surface area contributed by atoms with Gasteiger partial charge in [0, 0.05) is 6.20 Å². The van der Waals surface area contributed by atoms with Crippen molar-refractivity contribution in [3.05, 3.63) is 29.6 Å². The minimum Gasteiger partial charge on any atom is -0.258 e. The molecule has 0 aromatic carbocycles. The smallest absolute Gasteiger partial charge is 0.142 e. The quantitative estimate of drug-likeness (QED) is 0.636. The predicted molar refractivity (Wildman–Crippen MR) is 43.1 cm³/mol. The summed E-state index contributed by atoms with van der Waals surface area (Å²) in [5.41, 5.74) is 1.61. The Kier molecular flexibility index (Phi) is 2.58. The molecule has 1 aromatic heterocycles. The first-order valence-corrected chi connectivity index (χ1v) is 3.80. The summed E-state index contributed by atoms with van der Waals surface area (Å²) in [6.45, 7) is 3.75. The number of aryl methyl sites for hydroxylation is 1. The zero-order valence-corrected chi connectivity index (χ0v) is 6.84. The van der Waals surface area contributed by atoms with Crippen molar-refractivity contribution < 1.29 is 4.39 Å². The highest BCUT2D eigenvalue weighted by Crippen LogP contribution is 2.17. The summed E-state index contributed by atoms with van der Waals surface area (Å²) < 4.78 is 12.9. The first-order valence-electron chi connectivity index (χ1n) is 3.80. The summed E-state index contributed by atoms with van der Waals surface area (Å²) in [4.78, 5) is 3.97. The van der Waals surface area contributed by atoms with E-state index in [4.69, 9.17) is 0 Å². The average molecular weight is 153 g/mol. The van der Waals surface area contributed by atoms with Gasteiger partial charge in [0.25, 0.3) is 0 Å². The van der Waals surface area contributed by atoms with Crippen LogP contribution in [0.3, 0.4) is 0 Å². The number of hydrogen-bond acceptors (Lipinski definition) is 1. The number of nitrogens with zero attached hydrogens (tertiary/aromatic N) is 1. The lowest BCUT2D eigenvalue weighted by molar-refractivity contribution is 0.327. The minimum atomic E-state index is -0.907. The molecule has 1 nitrogen and oxygen atoms in total. The molecule has 0 amide bonds. The van der Waals surface area contributed by atoms with Crippen LogP contribution in [0.25, 0.3) is 0 Å². The monoisotopic (exact) mass is 153 g/mol. The molecule has 1 atom stereocenters. The molecule has 1 aromatic rings. The molecule has 1 unspecified atom stereocenters. The van der Waals surface area contributed by atoms with E-state index in [-0.39, 0.29) is 0 Å². The van der Waals surface area contributed by atoms with Crippen molar-refractivity contribution in [2.45, 2.75) is 26.4 Å². The molecule has 0 N–H and O–H groups in total. The second kappa shape index (κ2) is 3.46. The van der Waals surface area contributed by atoms with Crippen LogP contribution in [0, 0.1) is 6.92 Å². The van der Waals surface area contributed by atoms with Gasteiger partial charge in [-0.2, -0.15) is 0 Å². The van der Waals surface area contributed by atoms with Crippen molar-refractivity contribution in [3.63, 3.8) is 0 Å². The molecule has 60 valence electrons. The fourth-order valence-electron chi connectivity index (χ4n) is 0.874. The Morgan fingerprint density at radius 1 is 1.55 bits per heavy atom. The molecule has 1 heterocycles. The standard InChI is InChI=1S/C9H12FN/c1-3-8(10)9-5-4-7(2)6-11-9/h4-6,8H,3H2,1-2H3. The molecule has 0 aliphatic rings. The molecule has 0 radical (unpaired) electrons. The summed E-state index contributed by atoms with van der Waals surface area (Å²) in [6.07, 6.45) is 1.28. The Balaban J connectivity index is 2.81. The maximum absolute atomic E-state index is 12.9. The third kappa shape index (κ3) is 2.00. The van der Waals surface area contributed by atoms with E-state index in [0.717, 1.165) is 5.56 Å². The summed E-state index contributed by atoms with van der Waals surface area (Å²) >= 11 is 0. The van der Waals surface area contributed by atoms with Crippen LogP contribution in [-0.2, 0) is 0 Å². The fourth-order valence-corrected chi connectivity index (χ4v) is 0.874. The highest BCUT2D eigenvalue weighted by Gasteiger charge is 2.06. The van der Waals surface area contributed by atoms with Crippen LogP contribution in [-0.4, -0.2) is 4.98 Å². The van der Waals surface area contributed by atoms with Crippen LogP contribution >= 0.6 is 0 Å². The van der Waals surface area contributed by atoms with E-state index in [1.807, 2.05) is 19.9 Å². The predicted octanol–water partition coefficient (Wildman–Crippen LogP) is 2.81. The van der Waals surface area contributed by atoms with Crippen LogP contribution < -0.4 is 0 Å². The number of halogens is 1. The van der Waals surface area contributed by atoms with Crippen LogP contribution in [0.4, 0.5) is 4.39 Å². The van der Waals surface area contributed by atoms with Gasteiger partial charge < -0.3 is 0 Å². The van der Waals surface area contributed by atoms with Crippen molar-refractivity contribution in [1.29, 1.82) is 0 Å². The van der Waals surface area contributed by atoms with Gasteiger partial charge in [-0.1, -0.05) is 13.0 Å². The molecule has 0 fully saturated rings. The van der Waals surface area contributed by atoms with E-state index in [0.29, 0.717) is 12.1 Å². The molecule has 1 rings (SSSR count). The number of hydrogen-bond donors (Lipinski definition) is 0. The van der Waals surface area contributed by atoms with Crippen molar-refractivity contribution in [1.82, 2.24) is 4.98 Å². The van der Waals surface area contributed by atoms with E-state index < -0.39 is 6.17 Å². The summed E-state index contributed by atoms with van der Waals surface area (Å²) in [6, 6.07) is 3.62. The Morgan fingerprint density at radius 2 is 2.27 bits per heavy atom. The first-order chi connectivity index (χ1) is 5.24. The topological polar surface area (TPSA) is 12.9 Å². The van der Waals surface area contributed by atoms with Gasteiger partial charge in [-0.15, -0.1) is 0 Å². The largest absolute Gasteiger partial charge is 0.258 e. The van der Waals surface area contributed by atoms with Crippen LogP contribution in [0.5, 0.6) is 0 Å². The van der Waals surface area contributed by atoms with E-state index in [9.17, 15) is 4.39 Å². The molecule has 0 saturated carbocycles. The molecule has 11 heavy (non-hydrogen) atoms. The Labute approximate surface area is 66.3 Å². The van der Waals surface area contributed by atoms with E-state index >= 15 is 0 Å². The SMILES string of the molecule is CCC(F)c1ccc(C)cn1. The van der Waals surface area contributed by atoms with Gasteiger partial charge in [0.1, 0.15) is 6.17 Å². The van der Waals surface area contributed by atoms with Crippen molar-refractivity contribution in [3.8, 4) is 0 Å². The van der Waals surface area contributed by atoms with Gasteiger partial charge in [0.2, 0.25) is 0 Å². The third-order valence-corrected chi connectivity index (χ3v) is 1.61. The molecule has 2 heteroatoms. The van der Waals surface area contributed by atoms with Crippen molar-refractivity contribution in [2.24, 2.45) is 0 Å². The Bertz CT molecular complexity index is 218. The van der Waals surface area contributed by atoms with Crippen molar-refractivity contribution in [2.75, 3.05) is 0 Å². The summed E-state index contributed by atoms with van der Waals surface area (Å²) in [5, 5.41) is 0. The van der Waals surface area contributed by atoms with Gasteiger partial charge >= 0.3 is 0 Å². The molecule has 0 aliphatic carbocycles.